The third-order valence-corrected chi connectivity index (χ3v) is 2.87. The third kappa shape index (κ3) is 3.63. The minimum Gasteiger partial charge on any atom is -0.382 e. The van der Waals surface area contributed by atoms with Gasteiger partial charge < -0.3 is 10.5 Å². The Hall–Kier alpha value is -2.20. The summed E-state index contributed by atoms with van der Waals surface area (Å²) in [6.45, 7) is 2.49. The van der Waals surface area contributed by atoms with Crippen molar-refractivity contribution in [3.05, 3.63) is 65.5 Å². The molecule has 19 heavy (non-hydrogen) atoms. The molecule has 1 aromatic carbocycles. The molecule has 1 aromatic heterocycles. The Morgan fingerprint density at radius 2 is 2.05 bits per heavy atom. The monoisotopic (exact) mass is 255 g/mol. The summed E-state index contributed by atoms with van der Waals surface area (Å²) in [4.78, 5) is 4.02. The number of benzene rings is 1. The standard InChI is InChI=1S/C15H17N3O/c1-11(13-5-3-2-4-6-13)19-10-12-7-8-18-14(9-12)15(16)17/h2-9,11H,10H2,1H3,(H3,16,17). The van der Waals surface area contributed by atoms with E-state index in [2.05, 4.69) is 4.98 Å². The molecule has 0 spiro atoms. The van der Waals surface area contributed by atoms with Crippen molar-refractivity contribution in [2.75, 3.05) is 0 Å². The Kier molecular flexibility index (Phi) is 4.26. The van der Waals surface area contributed by atoms with Crippen LogP contribution in [-0.2, 0) is 11.3 Å². The number of rotatable bonds is 5. The first kappa shape index (κ1) is 13.2. The van der Waals surface area contributed by atoms with E-state index >= 15 is 0 Å². The fourth-order valence-electron chi connectivity index (χ4n) is 1.75. The molecule has 2 rings (SSSR count). The Morgan fingerprint density at radius 3 is 2.74 bits per heavy atom. The molecule has 1 atom stereocenters. The summed E-state index contributed by atoms with van der Waals surface area (Å²) in [6, 6.07) is 13.7. The lowest BCUT2D eigenvalue weighted by Crippen LogP contribution is -2.13. The zero-order valence-corrected chi connectivity index (χ0v) is 10.8. The van der Waals surface area contributed by atoms with E-state index in [4.69, 9.17) is 15.9 Å². The summed E-state index contributed by atoms with van der Waals surface area (Å²) in [5, 5.41) is 7.36. The number of aromatic nitrogens is 1. The highest BCUT2D eigenvalue weighted by Crippen LogP contribution is 2.18. The van der Waals surface area contributed by atoms with Crippen molar-refractivity contribution in [1.29, 1.82) is 5.41 Å². The molecule has 0 saturated carbocycles. The first-order chi connectivity index (χ1) is 9.16. The van der Waals surface area contributed by atoms with Crippen molar-refractivity contribution in [2.45, 2.75) is 19.6 Å². The van der Waals surface area contributed by atoms with Gasteiger partial charge in [-0.05, 0) is 30.2 Å². The van der Waals surface area contributed by atoms with Crippen LogP contribution in [0.5, 0.6) is 0 Å². The van der Waals surface area contributed by atoms with E-state index in [9.17, 15) is 0 Å². The number of nitrogens with zero attached hydrogens (tertiary/aromatic N) is 1. The van der Waals surface area contributed by atoms with Crippen LogP contribution in [0.4, 0.5) is 0 Å². The maximum Gasteiger partial charge on any atom is 0.141 e. The van der Waals surface area contributed by atoms with E-state index in [0.717, 1.165) is 11.1 Å². The zero-order valence-electron chi connectivity index (χ0n) is 10.8. The molecular weight excluding hydrogens is 238 g/mol. The van der Waals surface area contributed by atoms with Crippen LogP contribution in [-0.4, -0.2) is 10.8 Å². The highest BCUT2D eigenvalue weighted by molar-refractivity contribution is 5.93. The van der Waals surface area contributed by atoms with Crippen LogP contribution in [0.25, 0.3) is 0 Å². The van der Waals surface area contributed by atoms with Gasteiger partial charge in [-0.15, -0.1) is 0 Å². The highest BCUT2D eigenvalue weighted by Gasteiger charge is 2.06. The van der Waals surface area contributed by atoms with Gasteiger partial charge >= 0.3 is 0 Å². The second-order valence-corrected chi connectivity index (χ2v) is 4.33. The molecular formula is C15H17N3O. The molecule has 0 fully saturated rings. The van der Waals surface area contributed by atoms with Gasteiger partial charge in [-0.25, -0.2) is 0 Å². The third-order valence-electron chi connectivity index (χ3n) is 2.87. The Bertz CT molecular complexity index is 554. The second-order valence-electron chi connectivity index (χ2n) is 4.33. The van der Waals surface area contributed by atoms with Crippen LogP contribution < -0.4 is 5.73 Å². The molecule has 2 aromatic rings. The normalized spacial score (nSPS) is 12.1. The van der Waals surface area contributed by atoms with Crippen molar-refractivity contribution >= 4 is 5.84 Å². The van der Waals surface area contributed by atoms with Gasteiger partial charge in [0.2, 0.25) is 0 Å². The molecule has 98 valence electrons. The Labute approximate surface area is 112 Å². The van der Waals surface area contributed by atoms with Crippen LogP contribution in [0.3, 0.4) is 0 Å². The van der Waals surface area contributed by atoms with Crippen molar-refractivity contribution in [3.63, 3.8) is 0 Å². The zero-order chi connectivity index (χ0) is 13.7. The number of nitrogen functional groups attached to an aromatic ring is 1. The van der Waals surface area contributed by atoms with E-state index < -0.39 is 0 Å². The largest absolute Gasteiger partial charge is 0.382 e. The first-order valence-electron chi connectivity index (χ1n) is 6.12. The minimum atomic E-state index is -0.0297. The van der Waals surface area contributed by atoms with E-state index in [-0.39, 0.29) is 11.9 Å². The summed E-state index contributed by atoms with van der Waals surface area (Å²) in [5.41, 5.74) is 7.99. The minimum absolute atomic E-state index is 0.0233. The van der Waals surface area contributed by atoms with Crippen LogP contribution in [0.2, 0.25) is 0 Å². The van der Waals surface area contributed by atoms with Gasteiger partial charge in [-0.1, -0.05) is 30.3 Å². The lowest BCUT2D eigenvalue weighted by Gasteiger charge is -2.13. The number of pyridine rings is 1. The van der Waals surface area contributed by atoms with Crippen LogP contribution in [0, 0.1) is 5.41 Å². The van der Waals surface area contributed by atoms with Gasteiger partial charge in [-0.2, -0.15) is 0 Å². The summed E-state index contributed by atoms with van der Waals surface area (Å²) in [5.74, 6) is -0.0297. The van der Waals surface area contributed by atoms with E-state index in [1.165, 1.54) is 0 Å². The van der Waals surface area contributed by atoms with E-state index in [1.807, 2.05) is 43.3 Å². The lowest BCUT2D eigenvalue weighted by molar-refractivity contribution is 0.0525. The van der Waals surface area contributed by atoms with Gasteiger partial charge in [0.1, 0.15) is 11.5 Å². The molecule has 0 radical (unpaired) electrons. The summed E-state index contributed by atoms with van der Waals surface area (Å²) >= 11 is 0. The van der Waals surface area contributed by atoms with Gasteiger partial charge in [0.25, 0.3) is 0 Å². The number of ether oxygens (including phenoxy) is 1. The lowest BCUT2D eigenvalue weighted by atomic mass is 10.1. The molecule has 1 unspecified atom stereocenters. The van der Waals surface area contributed by atoms with Crippen molar-refractivity contribution in [1.82, 2.24) is 4.98 Å². The first-order valence-corrected chi connectivity index (χ1v) is 6.12. The summed E-state index contributed by atoms with van der Waals surface area (Å²) in [6.07, 6.45) is 1.66. The number of nitrogens with one attached hydrogen (secondary N) is 1. The van der Waals surface area contributed by atoms with Gasteiger partial charge in [0, 0.05) is 6.20 Å². The molecule has 4 nitrogen and oxygen atoms in total. The fourth-order valence-corrected chi connectivity index (χ4v) is 1.75. The van der Waals surface area contributed by atoms with Crippen LogP contribution >= 0.6 is 0 Å². The van der Waals surface area contributed by atoms with Crippen LogP contribution in [0.1, 0.15) is 29.8 Å². The maximum absolute atomic E-state index is 7.36. The van der Waals surface area contributed by atoms with E-state index in [0.29, 0.717) is 12.3 Å². The average Bonchev–Trinajstić information content (AvgIpc) is 2.46. The second kappa shape index (κ2) is 6.11. The molecule has 1 heterocycles. The quantitative estimate of drug-likeness (QED) is 0.637. The average molecular weight is 255 g/mol. The maximum atomic E-state index is 7.36. The Morgan fingerprint density at radius 1 is 1.32 bits per heavy atom. The number of nitrogens with two attached hydrogens (primary N) is 1. The number of amidine groups is 1. The predicted molar refractivity (Wildman–Crippen MR) is 74.9 cm³/mol. The van der Waals surface area contributed by atoms with Crippen molar-refractivity contribution in [3.8, 4) is 0 Å². The van der Waals surface area contributed by atoms with Gasteiger partial charge in [-0.3, -0.25) is 10.4 Å². The number of hydrogen-bond donors (Lipinski definition) is 2. The molecule has 4 heteroatoms. The molecule has 0 saturated heterocycles. The fraction of sp³-hybridized carbons (Fsp3) is 0.200. The molecule has 0 aliphatic carbocycles. The summed E-state index contributed by atoms with van der Waals surface area (Å²) in [7, 11) is 0. The number of hydrogen-bond acceptors (Lipinski definition) is 3. The van der Waals surface area contributed by atoms with E-state index in [1.54, 1.807) is 12.3 Å². The molecule has 3 N–H and O–H groups in total. The highest BCUT2D eigenvalue weighted by atomic mass is 16.5. The topological polar surface area (TPSA) is 72.0 Å². The van der Waals surface area contributed by atoms with Crippen LogP contribution in [0.15, 0.2) is 48.7 Å². The Balaban J connectivity index is 1.99. The van der Waals surface area contributed by atoms with Crippen molar-refractivity contribution < 1.29 is 4.74 Å². The molecule has 0 amide bonds. The molecule has 0 aliphatic rings. The SMILES string of the molecule is CC(OCc1ccnc(C(=N)N)c1)c1ccccc1. The van der Waals surface area contributed by atoms with Gasteiger partial charge in [0.05, 0.1) is 12.7 Å². The predicted octanol–water partition coefficient (Wildman–Crippen LogP) is 2.64. The smallest absolute Gasteiger partial charge is 0.141 e. The summed E-state index contributed by atoms with van der Waals surface area (Å²) < 4.78 is 5.81. The van der Waals surface area contributed by atoms with Crippen molar-refractivity contribution in [2.24, 2.45) is 5.73 Å². The molecule has 0 aliphatic heterocycles. The van der Waals surface area contributed by atoms with Gasteiger partial charge in [0.15, 0.2) is 0 Å². The molecule has 0 bridgehead atoms.